The molecule has 1 aliphatic heterocycles. The van der Waals surface area contributed by atoms with Crippen LogP contribution >= 0.6 is 0 Å². The lowest BCUT2D eigenvalue weighted by atomic mass is 9.95. The first-order chi connectivity index (χ1) is 7.90. The summed E-state index contributed by atoms with van der Waals surface area (Å²) >= 11 is 0. The molecule has 0 aromatic heterocycles. The number of esters is 1. The number of rotatable bonds is 5. The summed E-state index contributed by atoms with van der Waals surface area (Å²) in [5.74, 6) is -0.478. The average molecular weight is 245 g/mol. The summed E-state index contributed by atoms with van der Waals surface area (Å²) in [4.78, 5) is 11.3. The molecular formula is C12H23NO4. The fourth-order valence-electron chi connectivity index (χ4n) is 1.91. The topological polar surface area (TPSA) is 67.8 Å². The molecule has 5 heteroatoms. The fourth-order valence-corrected chi connectivity index (χ4v) is 1.91. The first kappa shape index (κ1) is 14.4. The van der Waals surface area contributed by atoms with E-state index in [4.69, 9.17) is 4.74 Å². The van der Waals surface area contributed by atoms with Crippen molar-refractivity contribution in [2.75, 3.05) is 20.3 Å². The van der Waals surface area contributed by atoms with Crippen LogP contribution in [0, 0.1) is 5.92 Å². The Balaban J connectivity index is 2.42. The largest absolute Gasteiger partial charge is 0.469 e. The SMILES string of the molecule is COC(=O)C(C)C(C)NCC1(O)CCOC1C. The van der Waals surface area contributed by atoms with E-state index >= 15 is 0 Å². The molecule has 0 aromatic rings. The van der Waals surface area contributed by atoms with Gasteiger partial charge in [0.2, 0.25) is 0 Å². The maximum absolute atomic E-state index is 11.3. The fraction of sp³-hybridized carbons (Fsp3) is 0.917. The van der Waals surface area contributed by atoms with Crippen molar-refractivity contribution in [1.29, 1.82) is 0 Å². The van der Waals surface area contributed by atoms with Crippen molar-refractivity contribution in [2.45, 2.75) is 44.9 Å². The van der Waals surface area contributed by atoms with Gasteiger partial charge in [0.25, 0.3) is 0 Å². The highest BCUT2D eigenvalue weighted by Gasteiger charge is 2.39. The molecule has 1 heterocycles. The molecule has 0 radical (unpaired) electrons. The summed E-state index contributed by atoms with van der Waals surface area (Å²) in [6.07, 6.45) is 0.455. The van der Waals surface area contributed by atoms with Gasteiger partial charge in [-0.3, -0.25) is 4.79 Å². The molecule has 0 spiro atoms. The summed E-state index contributed by atoms with van der Waals surface area (Å²) in [7, 11) is 1.38. The van der Waals surface area contributed by atoms with Crippen LogP contribution in [0.1, 0.15) is 27.2 Å². The number of nitrogens with one attached hydrogen (secondary N) is 1. The highest BCUT2D eigenvalue weighted by molar-refractivity contribution is 5.72. The molecule has 1 aliphatic rings. The van der Waals surface area contributed by atoms with Gasteiger partial charge in [-0.2, -0.15) is 0 Å². The maximum atomic E-state index is 11.3. The van der Waals surface area contributed by atoms with E-state index in [-0.39, 0.29) is 24.0 Å². The predicted molar refractivity (Wildman–Crippen MR) is 63.6 cm³/mol. The van der Waals surface area contributed by atoms with Gasteiger partial charge in [-0.15, -0.1) is 0 Å². The standard InChI is InChI=1S/C12H23NO4/c1-8(11(14)16-4)9(2)13-7-12(15)5-6-17-10(12)3/h8-10,13,15H,5-7H2,1-4H3. The molecule has 0 amide bonds. The second-order valence-corrected chi connectivity index (χ2v) is 4.85. The third-order valence-corrected chi connectivity index (χ3v) is 3.71. The van der Waals surface area contributed by atoms with E-state index in [9.17, 15) is 9.90 Å². The number of carbonyl (C=O) groups excluding carboxylic acids is 1. The Kier molecular flexibility index (Phi) is 4.91. The summed E-state index contributed by atoms with van der Waals surface area (Å²) in [5, 5.41) is 13.5. The summed E-state index contributed by atoms with van der Waals surface area (Å²) in [5.41, 5.74) is -0.829. The molecule has 1 fully saturated rings. The zero-order valence-electron chi connectivity index (χ0n) is 11.0. The molecule has 4 unspecified atom stereocenters. The average Bonchev–Trinajstić information content (AvgIpc) is 2.65. The van der Waals surface area contributed by atoms with Crippen molar-refractivity contribution in [2.24, 2.45) is 5.92 Å². The number of ether oxygens (including phenoxy) is 2. The predicted octanol–water partition coefficient (Wildman–Crippen LogP) is 0.313. The van der Waals surface area contributed by atoms with Crippen LogP contribution in [0.3, 0.4) is 0 Å². The van der Waals surface area contributed by atoms with Gasteiger partial charge in [0.15, 0.2) is 0 Å². The summed E-state index contributed by atoms with van der Waals surface area (Å²) < 4.78 is 10.0. The highest BCUT2D eigenvalue weighted by Crippen LogP contribution is 2.25. The number of carbonyl (C=O) groups is 1. The first-order valence-electron chi connectivity index (χ1n) is 6.06. The van der Waals surface area contributed by atoms with Crippen molar-refractivity contribution in [1.82, 2.24) is 5.32 Å². The van der Waals surface area contributed by atoms with Crippen LogP contribution in [0.5, 0.6) is 0 Å². The van der Waals surface area contributed by atoms with Gasteiger partial charge in [-0.05, 0) is 13.8 Å². The first-order valence-corrected chi connectivity index (χ1v) is 6.06. The van der Waals surface area contributed by atoms with Crippen molar-refractivity contribution in [3.63, 3.8) is 0 Å². The maximum Gasteiger partial charge on any atom is 0.309 e. The Morgan fingerprint density at radius 2 is 2.29 bits per heavy atom. The Hall–Kier alpha value is -0.650. The minimum Gasteiger partial charge on any atom is -0.469 e. The van der Waals surface area contributed by atoms with Gasteiger partial charge >= 0.3 is 5.97 Å². The van der Waals surface area contributed by atoms with Crippen LogP contribution in [0.15, 0.2) is 0 Å². The third kappa shape index (κ3) is 3.40. The molecular weight excluding hydrogens is 222 g/mol. The van der Waals surface area contributed by atoms with E-state index in [0.717, 1.165) is 0 Å². The molecule has 5 nitrogen and oxygen atoms in total. The molecule has 1 rings (SSSR count). The Labute approximate surface area is 102 Å². The number of hydrogen-bond acceptors (Lipinski definition) is 5. The van der Waals surface area contributed by atoms with Crippen molar-refractivity contribution in [3.05, 3.63) is 0 Å². The van der Waals surface area contributed by atoms with Crippen LogP contribution in [-0.2, 0) is 14.3 Å². The second-order valence-electron chi connectivity index (χ2n) is 4.85. The van der Waals surface area contributed by atoms with Crippen molar-refractivity contribution in [3.8, 4) is 0 Å². The van der Waals surface area contributed by atoms with Gasteiger partial charge < -0.3 is 19.9 Å². The van der Waals surface area contributed by atoms with E-state index in [2.05, 4.69) is 10.1 Å². The lowest BCUT2D eigenvalue weighted by Crippen LogP contribution is -2.50. The van der Waals surface area contributed by atoms with Crippen LogP contribution < -0.4 is 5.32 Å². The molecule has 100 valence electrons. The highest BCUT2D eigenvalue weighted by atomic mass is 16.5. The molecule has 0 bridgehead atoms. The minimum atomic E-state index is -0.829. The van der Waals surface area contributed by atoms with Crippen LogP contribution in [0.25, 0.3) is 0 Å². The van der Waals surface area contributed by atoms with E-state index < -0.39 is 5.60 Å². The Bertz CT molecular complexity index is 271. The normalized spacial score (nSPS) is 32.2. The van der Waals surface area contributed by atoms with E-state index in [1.807, 2.05) is 20.8 Å². The van der Waals surface area contributed by atoms with Crippen LogP contribution in [-0.4, -0.2) is 49.1 Å². The van der Waals surface area contributed by atoms with Gasteiger partial charge in [-0.25, -0.2) is 0 Å². The number of methoxy groups -OCH3 is 1. The zero-order chi connectivity index (χ0) is 13.1. The Morgan fingerprint density at radius 1 is 1.65 bits per heavy atom. The summed E-state index contributed by atoms with van der Waals surface area (Å²) in [6.45, 7) is 6.59. The monoisotopic (exact) mass is 245 g/mol. The van der Waals surface area contributed by atoms with Crippen molar-refractivity contribution < 1.29 is 19.4 Å². The van der Waals surface area contributed by atoms with Crippen LogP contribution in [0.2, 0.25) is 0 Å². The van der Waals surface area contributed by atoms with E-state index in [1.165, 1.54) is 7.11 Å². The molecule has 0 aliphatic carbocycles. The van der Waals surface area contributed by atoms with Crippen LogP contribution in [0.4, 0.5) is 0 Å². The van der Waals surface area contributed by atoms with Crippen molar-refractivity contribution >= 4 is 5.97 Å². The number of hydrogen-bond donors (Lipinski definition) is 2. The third-order valence-electron chi connectivity index (χ3n) is 3.71. The molecule has 1 saturated heterocycles. The van der Waals surface area contributed by atoms with Gasteiger partial charge in [0.05, 0.1) is 19.1 Å². The van der Waals surface area contributed by atoms with Gasteiger partial charge in [0.1, 0.15) is 5.60 Å². The minimum absolute atomic E-state index is 0.0423. The second kappa shape index (κ2) is 5.80. The van der Waals surface area contributed by atoms with E-state index in [0.29, 0.717) is 19.6 Å². The van der Waals surface area contributed by atoms with Gasteiger partial charge in [0, 0.05) is 25.6 Å². The van der Waals surface area contributed by atoms with E-state index in [1.54, 1.807) is 0 Å². The zero-order valence-corrected chi connectivity index (χ0v) is 11.0. The lowest BCUT2D eigenvalue weighted by Gasteiger charge is -2.29. The molecule has 0 aromatic carbocycles. The molecule has 2 N–H and O–H groups in total. The molecule has 0 saturated carbocycles. The quantitative estimate of drug-likeness (QED) is 0.682. The molecule has 4 atom stereocenters. The number of aliphatic hydroxyl groups is 1. The van der Waals surface area contributed by atoms with Gasteiger partial charge in [-0.1, -0.05) is 6.92 Å². The lowest BCUT2D eigenvalue weighted by molar-refractivity contribution is -0.145. The smallest absolute Gasteiger partial charge is 0.309 e. The molecule has 17 heavy (non-hydrogen) atoms. The summed E-state index contributed by atoms with van der Waals surface area (Å²) in [6, 6.07) is -0.0423. The Morgan fingerprint density at radius 3 is 2.76 bits per heavy atom.